The van der Waals surface area contributed by atoms with Gasteiger partial charge in [0.25, 0.3) is 0 Å². The van der Waals surface area contributed by atoms with E-state index in [-0.39, 0.29) is 6.03 Å². The number of piperazine rings is 1. The van der Waals surface area contributed by atoms with E-state index in [0.29, 0.717) is 13.1 Å². The molecule has 1 N–H and O–H groups in total. The number of rotatable bonds is 4. The van der Waals surface area contributed by atoms with Crippen molar-refractivity contribution >= 4 is 17.5 Å². The van der Waals surface area contributed by atoms with Crippen molar-refractivity contribution in [2.45, 2.75) is 27.2 Å². The SMILES string of the molecule is CCc1ccccc1NC(=O)N1CCN(c2ccc(-c3ccc(C)cc3C)nn2)CC1. The van der Waals surface area contributed by atoms with E-state index in [0.717, 1.165) is 47.8 Å². The Kier molecular flexibility index (Phi) is 6.16. The maximum absolute atomic E-state index is 12.7. The lowest BCUT2D eigenvalue weighted by molar-refractivity contribution is 0.208. The molecule has 6 nitrogen and oxygen atoms in total. The van der Waals surface area contributed by atoms with E-state index in [1.165, 1.54) is 11.1 Å². The molecule has 2 aromatic carbocycles. The lowest BCUT2D eigenvalue weighted by Crippen LogP contribution is -2.50. The fourth-order valence-electron chi connectivity index (χ4n) is 4.02. The monoisotopic (exact) mass is 415 g/mol. The number of aromatic nitrogens is 2. The second-order valence-corrected chi connectivity index (χ2v) is 8.01. The van der Waals surface area contributed by atoms with Gasteiger partial charge in [-0.25, -0.2) is 4.79 Å². The maximum atomic E-state index is 12.7. The molecular formula is C25H29N5O. The van der Waals surface area contributed by atoms with E-state index >= 15 is 0 Å². The molecule has 0 saturated carbocycles. The molecule has 1 aliphatic heterocycles. The van der Waals surface area contributed by atoms with Crippen LogP contribution in [0.2, 0.25) is 0 Å². The van der Waals surface area contributed by atoms with Crippen LogP contribution in [0, 0.1) is 13.8 Å². The lowest BCUT2D eigenvalue weighted by atomic mass is 10.0. The minimum absolute atomic E-state index is 0.0446. The van der Waals surface area contributed by atoms with Crippen LogP contribution in [0.15, 0.2) is 54.6 Å². The summed E-state index contributed by atoms with van der Waals surface area (Å²) in [6, 6.07) is 18.3. The predicted octanol–water partition coefficient (Wildman–Crippen LogP) is 4.68. The highest BCUT2D eigenvalue weighted by Gasteiger charge is 2.22. The molecule has 2 heterocycles. The number of urea groups is 1. The second kappa shape index (κ2) is 9.16. The van der Waals surface area contributed by atoms with Crippen molar-refractivity contribution in [3.05, 3.63) is 71.3 Å². The first-order chi connectivity index (χ1) is 15.0. The van der Waals surface area contributed by atoms with Gasteiger partial charge < -0.3 is 15.1 Å². The van der Waals surface area contributed by atoms with Crippen molar-refractivity contribution in [3.63, 3.8) is 0 Å². The van der Waals surface area contributed by atoms with Crippen molar-refractivity contribution in [2.75, 3.05) is 36.4 Å². The number of carbonyl (C=O) groups excluding carboxylic acids is 1. The van der Waals surface area contributed by atoms with Crippen LogP contribution >= 0.6 is 0 Å². The molecule has 160 valence electrons. The average Bonchev–Trinajstić information content (AvgIpc) is 2.80. The normalized spacial score (nSPS) is 13.9. The molecule has 3 aromatic rings. The highest BCUT2D eigenvalue weighted by Crippen LogP contribution is 2.24. The van der Waals surface area contributed by atoms with Gasteiger partial charge in [-0.3, -0.25) is 0 Å². The van der Waals surface area contributed by atoms with E-state index in [2.05, 4.69) is 59.4 Å². The minimum Gasteiger partial charge on any atom is -0.352 e. The van der Waals surface area contributed by atoms with Crippen molar-refractivity contribution in [1.82, 2.24) is 15.1 Å². The number of anilines is 2. The van der Waals surface area contributed by atoms with Gasteiger partial charge in [-0.1, -0.05) is 48.9 Å². The van der Waals surface area contributed by atoms with Gasteiger partial charge in [0, 0.05) is 37.4 Å². The van der Waals surface area contributed by atoms with E-state index in [4.69, 9.17) is 0 Å². The maximum Gasteiger partial charge on any atom is 0.321 e. The summed E-state index contributed by atoms with van der Waals surface area (Å²) in [7, 11) is 0. The van der Waals surface area contributed by atoms with Crippen LogP contribution in [-0.2, 0) is 6.42 Å². The molecule has 31 heavy (non-hydrogen) atoms. The van der Waals surface area contributed by atoms with Gasteiger partial charge >= 0.3 is 6.03 Å². The summed E-state index contributed by atoms with van der Waals surface area (Å²) < 4.78 is 0. The number of nitrogens with one attached hydrogen (secondary N) is 1. The zero-order valence-electron chi connectivity index (χ0n) is 18.4. The molecule has 0 radical (unpaired) electrons. The molecule has 1 fully saturated rings. The number of hydrogen-bond donors (Lipinski definition) is 1. The highest BCUT2D eigenvalue weighted by atomic mass is 16.2. The summed E-state index contributed by atoms with van der Waals surface area (Å²) in [6.07, 6.45) is 0.890. The average molecular weight is 416 g/mol. The van der Waals surface area contributed by atoms with Crippen LogP contribution in [0.25, 0.3) is 11.3 Å². The summed E-state index contributed by atoms with van der Waals surface area (Å²) in [5.41, 5.74) is 6.48. The van der Waals surface area contributed by atoms with Crippen LogP contribution in [0.3, 0.4) is 0 Å². The van der Waals surface area contributed by atoms with Gasteiger partial charge in [-0.05, 0) is 49.6 Å². The number of hydrogen-bond acceptors (Lipinski definition) is 4. The van der Waals surface area contributed by atoms with E-state index in [1.807, 2.05) is 41.3 Å². The van der Waals surface area contributed by atoms with Crippen molar-refractivity contribution < 1.29 is 4.79 Å². The van der Waals surface area contributed by atoms with Crippen molar-refractivity contribution in [3.8, 4) is 11.3 Å². The first-order valence-corrected chi connectivity index (χ1v) is 10.9. The smallest absolute Gasteiger partial charge is 0.321 e. The van der Waals surface area contributed by atoms with Gasteiger partial charge in [-0.2, -0.15) is 0 Å². The highest BCUT2D eigenvalue weighted by molar-refractivity contribution is 5.90. The number of nitrogens with zero attached hydrogens (tertiary/aromatic N) is 4. The topological polar surface area (TPSA) is 61.4 Å². The molecule has 1 aliphatic rings. The van der Waals surface area contributed by atoms with Gasteiger partial charge in [0.1, 0.15) is 0 Å². The zero-order valence-corrected chi connectivity index (χ0v) is 18.4. The van der Waals surface area contributed by atoms with E-state index in [9.17, 15) is 4.79 Å². The number of carbonyl (C=O) groups is 1. The molecular weight excluding hydrogens is 386 g/mol. The molecule has 1 aromatic heterocycles. The summed E-state index contributed by atoms with van der Waals surface area (Å²) in [5.74, 6) is 0.852. The Labute approximate surface area is 183 Å². The van der Waals surface area contributed by atoms with Crippen LogP contribution in [0.1, 0.15) is 23.6 Å². The largest absolute Gasteiger partial charge is 0.352 e. The van der Waals surface area contributed by atoms with Crippen molar-refractivity contribution in [2.24, 2.45) is 0 Å². The van der Waals surface area contributed by atoms with E-state index < -0.39 is 0 Å². The Morgan fingerprint density at radius 3 is 2.42 bits per heavy atom. The number of aryl methyl sites for hydroxylation is 3. The van der Waals surface area contributed by atoms with Crippen molar-refractivity contribution in [1.29, 1.82) is 0 Å². The Morgan fingerprint density at radius 2 is 1.74 bits per heavy atom. The predicted molar refractivity (Wildman–Crippen MR) is 126 cm³/mol. The molecule has 0 spiro atoms. The van der Waals surface area contributed by atoms with Crippen LogP contribution in [-0.4, -0.2) is 47.3 Å². The fourth-order valence-corrected chi connectivity index (χ4v) is 4.02. The molecule has 1 saturated heterocycles. The standard InChI is InChI=1S/C25H29N5O/c1-4-20-7-5-6-8-22(20)26-25(31)30-15-13-29(14-16-30)24-12-11-23(27-28-24)21-10-9-18(2)17-19(21)3/h5-12,17H,4,13-16H2,1-3H3,(H,26,31). The fraction of sp³-hybridized carbons (Fsp3) is 0.320. The third kappa shape index (κ3) is 4.68. The van der Waals surface area contributed by atoms with Gasteiger partial charge in [0.05, 0.1) is 5.69 Å². The van der Waals surface area contributed by atoms with Crippen LogP contribution in [0.4, 0.5) is 16.3 Å². The van der Waals surface area contributed by atoms with Gasteiger partial charge in [0.15, 0.2) is 5.82 Å². The molecule has 0 unspecified atom stereocenters. The van der Waals surface area contributed by atoms with Gasteiger partial charge in [-0.15, -0.1) is 10.2 Å². The Hall–Kier alpha value is -3.41. The van der Waals surface area contributed by atoms with E-state index in [1.54, 1.807) is 0 Å². The Morgan fingerprint density at radius 1 is 0.968 bits per heavy atom. The lowest BCUT2D eigenvalue weighted by Gasteiger charge is -2.35. The quantitative estimate of drug-likeness (QED) is 0.672. The Bertz CT molecular complexity index is 1060. The molecule has 0 atom stereocenters. The third-order valence-corrected chi connectivity index (χ3v) is 5.84. The van der Waals surface area contributed by atoms with Crippen LogP contribution in [0.5, 0.6) is 0 Å². The molecule has 0 aliphatic carbocycles. The summed E-state index contributed by atoms with van der Waals surface area (Å²) in [4.78, 5) is 16.7. The number of benzene rings is 2. The molecule has 4 rings (SSSR count). The first-order valence-electron chi connectivity index (χ1n) is 10.9. The molecule has 2 amide bonds. The summed E-state index contributed by atoms with van der Waals surface area (Å²) in [5, 5.41) is 12.0. The zero-order chi connectivity index (χ0) is 21.8. The number of amides is 2. The van der Waals surface area contributed by atoms with Crippen LogP contribution < -0.4 is 10.2 Å². The summed E-state index contributed by atoms with van der Waals surface area (Å²) >= 11 is 0. The van der Waals surface area contributed by atoms with Gasteiger partial charge in [0.2, 0.25) is 0 Å². The second-order valence-electron chi connectivity index (χ2n) is 8.01. The summed E-state index contributed by atoms with van der Waals surface area (Å²) in [6.45, 7) is 9.06. The molecule has 0 bridgehead atoms. The third-order valence-electron chi connectivity index (χ3n) is 5.84. The molecule has 6 heteroatoms. The Balaban J connectivity index is 1.37. The first kappa shape index (κ1) is 20.8. The minimum atomic E-state index is -0.0446. The number of para-hydroxylation sites is 1.